The van der Waals surface area contributed by atoms with E-state index in [0.717, 1.165) is 18.6 Å². The van der Waals surface area contributed by atoms with Gasteiger partial charge in [0, 0.05) is 18.3 Å². The van der Waals surface area contributed by atoms with Gasteiger partial charge in [-0.05, 0) is 37.1 Å². The molecule has 0 atom stereocenters. The van der Waals surface area contributed by atoms with Crippen LogP contribution in [-0.4, -0.2) is 22.4 Å². The molecule has 27 heavy (non-hydrogen) atoms. The van der Waals surface area contributed by atoms with Gasteiger partial charge >= 0.3 is 0 Å². The van der Waals surface area contributed by atoms with E-state index in [9.17, 15) is 13.6 Å². The number of anilines is 2. The Labute approximate surface area is 155 Å². The zero-order chi connectivity index (χ0) is 19.2. The summed E-state index contributed by atoms with van der Waals surface area (Å²) in [7, 11) is 0. The predicted octanol–water partition coefficient (Wildman–Crippen LogP) is 3.97. The number of halogens is 2. The predicted molar refractivity (Wildman–Crippen MR) is 99.7 cm³/mol. The molecule has 0 fully saturated rings. The van der Waals surface area contributed by atoms with Crippen molar-refractivity contribution in [2.45, 2.75) is 13.3 Å². The van der Waals surface area contributed by atoms with Crippen LogP contribution in [0.25, 0.3) is 0 Å². The van der Waals surface area contributed by atoms with Gasteiger partial charge < -0.3 is 10.6 Å². The van der Waals surface area contributed by atoms with Gasteiger partial charge in [0.2, 0.25) is 5.95 Å². The van der Waals surface area contributed by atoms with E-state index in [1.165, 1.54) is 11.6 Å². The van der Waals surface area contributed by atoms with Gasteiger partial charge in [0.25, 0.3) is 5.91 Å². The Morgan fingerprint density at radius 2 is 1.81 bits per heavy atom. The molecule has 0 aliphatic heterocycles. The molecular weight excluding hydrogens is 350 g/mol. The summed E-state index contributed by atoms with van der Waals surface area (Å²) >= 11 is 0. The van der Waals surface area contributed by atoms with E-state index in [2.05, 4.69) is 20.6 Å². The molecule has 138 valence electrons. The van der Waals surface area contributed by atoms with Gasteiger partial charge in [0.05, 0.1) is 5.69 Å². The number of benzene rings is 2. The Hall–Kier alpha value is -3.35. The van der Waals surface area contributed by atoms with Crippen molar-refractivity contribution in [1.82, 2.24) is 9.97 Å². The molecule has 0 bridgehead atoms. The first-order valence-electron chi connectivity index (χ1n) is 8.41. The Morgan fingerprint density at radius 3 is 2.56 bits per heavy atom. The topological polar surface area (TPSA) is 66.9 Å². The standard InChI is InChI=1S/C20H18F2N4O/c1-13-11-18(19(27)25-17-8-7-15(21)12-16(17)22)26-20(24-13)23-10-9-14-5-3-2-4-6-14/h2-8,11-12H,9-10H2,1H3,(H,25,27)(H,23,24,26). The SMILES string of the molecule is Cc1cc(C(=O)Nc2ccc(F)cc2F)nc(NCCc2ccccc2)n1. The van der Waals surface area contributed by atoms with Gasteiger partial charge in [-0.3, -0.25) is 4.79 Å². The average Bonchev–Trinajstić information content (AvgIpc) is 2.64. The normalized spacial score (nSPS) is 10.5. The quantitative estimate of drug-likeness (QED) is 0.691. The third-order valence-corrected chi connectivity index (χ3v) is 3.81. The summed E-state index contributed by atoms with van der Waals surface area (Å²) < 4.78 is 26.7. The number of hydrogen-bond donors (Lipinski definition) is 2. The second-order valence-electron chi connectivity index (χ2n) is 5.96. The van der Waals surface area contributed by atoms with E-state index in [1.54, 1.807) is 6.92 Å². The van der Waals surface area contributed by atoms with Crippen molar-refractivity contribution in [2.75, 3.05) is 17.2 Å². The second kappa shape index (κ2) is 8.35. The summed E-state index contributed by atoms with van der Waals surface area (Å²) in [6.45, 7) is 2.33. The van der Waals surface area contributed by atoms with Crippen molar-refractivity contribution in [3.8, 4) is 0 Å². The van der Waals surface area contributed by atoms with Crippen molar-refractivity contribution >= 4 is 17.5 Å². The highest BCUT2D eigenvalue weighted by molar-refractivity contribution is 6.03. The average molecular weight is 368 g/mol. The monoisotopic (exact) mass is 368 g/mol. The lowest BCUT2D eigenvalue weighted by atomic mass is 10.1. The highest BCUT2D eigenvalue weighted by atomic mass is 19.1. The Morgan fingerprint density at radius 1 is 1.04 bits per heavy atom. The maximum atomic E-state index is 13.7. The molecule has 3 aromatic rings. The molecule has 1 amide bonds. The molecule has 0 saturated carbocycles. The first-order valence-corrected chi connectivity index (χ1v) is 8.41. The van der Waals surface area contributed by atoms with Crippen molar-refractivity contribution in [3.63, 3.8) is 0 Å². The minimum absolute atomic E-state index is 0.0911. The van der Waals surface area contributed by atoms with Crippen LogP contribution in [0.2, 0.25) is 0 Å². The smallest absolute Gasteiger partial charge is 0.274 e. The van der Waals surface area contributed by atoms with Gasteiger partial charge in [-0.15, -0.1) is 0 Å². The number of hydrogen-bond acceptors (Lipinski definition) is 4. The van der Waals surface area contributed by atoms with Crippen LogP contribution in [0.3, 0.4) is 0 Å². The summed E-state index contributed by atoms with van der Waals surface area (Å²) in [5, 5.41) is 5.48. The van der Waals surface area contributed by atoms with Crippen LogP contribution in [-0.2, 0) is 6.42 Å². The zero-order valence-corrected chi connectivity index (χ0v) is 14.7. The van der Waals surface area contributed by atoms with Crippen molar-refractivity contribution in [3.05, 3.63) is 83.2 Å². The van der Waals surface area contributed by atoms with E-state index in [1.807, 2.05) is 30.3 Å². The lowest BCUT2D eigenvalue weighted by Crippen LogP contribution is -2.17. The van der Waals surface area contributed by atoms with Gasteiger partial charge in [0.1, 0.15) is 17.3 Å². The highest BCUT2D eigenvalue weighted by Crippen LogP contribution is 2.16. The summed E-state index contributed by atoms with van der Waals surface area (Å²) in [5.41, 5.74) is 1.74. The second-order valence-corrected chi connectivity index (χ2v) is 5.96. The molecule has 2 N–H and O–H groups in total. The zero-order valence-electron chi connectivity index (χ0n) is 14.7. The summed E-state index contributed by atoms with van der Waals surface area (Å²) in [4.78, 5) is 20.8. The number of carbonyl (C=O) groups excluding carboxylic acids is 1. The molecule has 0 saturated heterocycles. The first-order chi connectivity index (χ1) is 13.0. The number of aryl methyl sites for hydroxylation is 1. The molecule has 0 aliphatic carbocycles. The molecule has 2 aromatic carbocycles. The van der Waals surface area contributed by atoms with E-state index in [4.69, 9.17) is 0 Å². The molecule has 3 rings (SSSR count). The van der Waals surface area contributed by atoms with Gasteiger partial charge in [-0.2, -0.15) is 0 Å². The largest absolute Gasteiger partial charge is 0.354 e. The van der Waals surface area contributed by atoms with Crippen LogP contribution < -0.4 is 10.6 Å². The van der Waals surface area contributed by atoms with Crippen LogP contribution in [0, 0.1) is 18.6 Å². The summed E-state index contributed by atoms with van der Waals surface area (Å²) in [5.74, 6) is -1.85. The number of nitrogens with one attached hydrogen (secondary N) is 2. The van der Waals surface area contributed by atoms with Crippen molar-refractivity contribution < 1.29 is 13.6 Å². The third-order valence-electron chi connectivity index (χ3n) is 3.81. The van der Waals surface area contributed by atoms with Crippen LogP contribution in [0.1, 0.15) is 21.7 Å². The van der Waals surface area contributed by atoms with Crippen molar-refractivity contribution in [2.24, 2.45) is 0 Å². The summed E-state index contributed by atoms with van der Waals surface area (Å²) in [6.07, 6.45) is 0.778. The van der Waals surface area contributed by atoms with Crippen LogP contribution in [0.5, 0.6) is 0 Å². The van der Waals surface area contributed by atoms with Crippen LogP contribution in [0.4, 0.5) is 20.4 Å². The molecule has 1 aromatic heterocycles. The molecule has 0 aliphatic rings. The number of aromatic nitrogens is 2. The number of rotatable bonds is 6. The van der Waals surface area contributed by atoms with E-state index in [-0.39, 0.29) is 11.4 Å². The van der Waals surface area contributed by atoms with E-state index < -0.39 is 17.5 Å². The van der Waals surface area contributed by atoms with Crippen molar-refractivity contribution in [1.29, 1.82) is 0 Å². The fraction of sp³-hybridized carbons (Fsp3) is 0.150. The van der Waals surface area contributed by atoms with Gasteiger partial charge in [0.15, 0.2) is 0 Å². The molecule has 0 unspecified atom stereocenters. The minimum Gasteiger partial charge on any atom is -0.354 e. The maximum Gasteiger partial charge on any atom is 0.274 e. The minimum atomic E-state index is -0.852. The number of carbonyl (C=O) groups is 1. The Balaban J connectivity index is 1.67. The van der Waals surface area contributed by atoms with Gasteiger partial charge in [-0.25, -0.2) is 18.7 Å². The molecule has 7 heteroatoms. The lowest BCUT2D eigenvalue weighted by Gasteiger charge is -2.09. The fourth-order valence-electron chi connectivity index (χ4n) is 2.50. The van der Waals surface area contributed by atoms with Gasteiger partial charge in [-0.1, -0.05) is 30.3 Å². The van der Waals surface area contributed by atoms with Crippen LogP contribution >= 0.6 is 0 Å². The Kier molecular flexibility index (Phi) is 5.71. The highest BCUT2D eigenvalue weighted by Gasteiger charge is 2.13. The lowest BCUT2D eigenvalue weighted by molar-refractivity contribution is 0.102. The molecule has 1 heterocycles. The van der Waals surface area contributed by atoms with E-state index >= 15 is 0 Å². The maximum absolute atomic E-state index is 13.7. The van der Waals surface area contributed by atoms with E-state index in [0.29, 0.717) is 24.3 Å². The van der Waals surface area contributed by atoms with Crippen LogP contribution in [0.15, 0.2) is 54.6 Å². The molecule has 5 nitrogen and oxygen atoms in total. The number of amides is 1. The third kappa shape index (κ3) is 5.07. The molecule has 0 radical (unpaired) electrons. The summed E-state index contributed by atoms with van der Waals surface area (Å²) in [6, 6.07) is 14.4. The Bertz CT molecular complexity index is 948. The first kappa shape index (κ1) is 18.4. The fourth-order valence-corrected chi connectivity index (χ4v) is 2.50. The number of nitrogens with zero attached hydrogens (tertiary/aromatic N) is 2. The molecular formula is C20H18F2N4O. The molecule has 0 spiro atoms.